The second-order valence-electron chi connectivity index (χ2n) is 5.57. The lowest BCUT2D eigenvalue weighted by atomic mass is 10.2. The van der Waals surface area contributed by atoms with Crippen LogP contribution in [0.3, 0.4) is 0 Å². The summed E-state index contributed by atoms with van der Waals surface area (Å²) in [5.74, 6) is 0.555. The molecule has 3 aromatic rings. The summed E-state index contributed by atoms with van der Waals surface area (Å²) in [5.41, 5.74) is 1.32. The first-order valence-electron chi connectivity index (χ1n) is 8.11. The lowest BCUT2D eigenvalue weighted by Crippen LogP contribution is -2.15. The van der Waals surface area contributed by atoms with Gasteiger partial charge in [-0.3, -0.25) is 4.57 Å². The molecule has 0 bridgehead atoms. The molecule has 7 heteroatoms. The summed E-state index contributed by atoms with van der Waals surface area (Å²) in [4.78, 5) is 23.6. The lowest BCUT2D eigenvalue weighted by Gasteiger charge is -2.07. The number of ether oxygens (including phenoxy) is 3. The van der Waals surface area contributed by atoms with Crippen molar-refractivity contribution in [3.63, 3.8) is 0 Å². The van der Waals surface area contributed by atoms with Crippen molar-refractivity contribution in [1.29, 1.82) is 0 Å². The van der Waals surface area contributed by atoms with E-state index in [2.05, 4.69) is 4.74 Å². The van der Waals surface area contributed by atoms with Crippen LogP contribution >= 0.6 is 0 Å². The van der Waals surface area contributed by atoms with Crippen LogP contribution in [0.2, 0.25) is 0 Å². The maximum absolute atomic E-state index is 12.0. The third kappa shape index (κ3) is 3.72. The lowest BCUT2D eigenvalue weighted by molar-refractivity contribution is 0.0600. The zero-order chi connectivity index (χ0) is 18.5. The van der Waals surface area contributed by atoms with Gasteiger partial charge in [0.05, 0.1) is 31.9 Å². The average Bonchev–Trinajstić information content (AvgIpc) is 2.99. The Balaban J connectivity index is 1.64. The van der Waals surface area contributed by atoms with Gasteiger partial charge in [-0.1, -0.05) is 0 Å². The topological polar surface area (TPSA) is 79.9 Å². The van der Waals surface area contributed by atoms with Gasteiger partial charge in [-0.25, -0.2) is 9.59 Å². The normalized spacial score (nSPS) is 10.7. The zero-order valence-electron chi connectivity index (χ0n) is 14.6. The molecular weight excluding hydrogens is 338 g/mol. The van der Waals surface area contributed by atoms with Crippen LogP contribution in [0.1, 0.15) is 16.8 Å². The van der Waals surface area contributed by atoms with Crippen LogP contribution in [0.15, 0.2) is 51.7 Å². The van der Waals surface area contributed by atoms with Gasteiger partial charge in [0, 0.05) is 6.54 Å². The molecule has 1 aromatic heterocycles. The van der Waals surface area contributed by atoms with E-state index in [1.165, 1.54) is 17.7 Å². The van der Waals surface area contributed by atoms with Crippen molar-refractivity contribution in [1.82, 2.24) is 4.57 Å². The summed E-state index contributed by atoms with van der Waals surface area (Å²) in [7, 11) is 2.91. The molecule has 1 heterocycles. The first-order valence-corrected chi connectivity index (χ1v) is 8.11. The second-order valence-corrected chi connectivity index (χ2v) is 5.57. The summed E-state index contributed by atoms with van der Waals surface area (Å²) in [6.07, 6.45) is 0.624. The zero-order valence-corrected chi connectivity index (χ0v) is 14.6. The fourth-order valence-corrected chi connectivity index (χ4v) is 2.61. The van der Waals surface area contributed by atoms with E-state index >= 15 is 0 Å². The molecule has 0 aliphatic heterocycles. The predicted molar refractivity (Wildman–Crippen MR) is 94.9 cm³/mol. The van der Waals surface area contributed by atoms with Gasteiger partial charge in [0.1, 0.15) is 11.5 Å². The van der Waals surface area contributed by atoms with E-state index < -0.39 is 11.7 Å². The van der Waals surface area contributed by atoms with Crippen LogP contribution in [0.5, 0.6) is 11.5 Å². The number of rotatable bonds is 7. The van der Waals surface area contributed by atoms with Gasteiger partial charge in [-0.15, -0.1) is 0 Å². The molecule has 0 N–H and O–H groups in total. The molecule has 0 unspecified atom stereocenters. The van der Waals surface area contributed by atoms with Gasteiger partial charge >= 0.3 is 11.7 Å². The van der Waals surface area contributed by atoms with Gasteiger partial charge in [-0.05, 0) is 48.9 Å². The van der Waals surface area contributed by atoms with Crippen LogP contribution in [-0.2, 0) is 11.3 Å². The summed E-state index contributed by atoms with van der Waals surface area (Å²) in [6.45, 7) is 0.894. The molecular formula is C19H19NO6. The van der Waals surface area contributed by atoms with E-state index in [4.69, 9.17) is 13.9 Å². The Morgan fingerprint density at radius 3 is 2.50 bits per heavy atom. The molecule has 7 nitrogen and oxygen atoms in total. The molecule has 0 saturated carbocycles. The summed E-state index contributed by atoms with van der Waals surface area (Å²) < 4.78 is 22.2. The number of benzene rings is 2. The third-order valence-electron chi connectivity index (χ3n) is 3.94. The van der Waals surface area contributed by atoms with E-state index in [1.807, 2.05) is 24.3 Å². The molecule has 2 aromatic carbocycles. The molecule has 0 amide bonds. The van der Waals surface area contributed by atoms with Crippen molar-refractivity contribution < 1.29 is 23.4 Å². The summed E-state index contributed by atoms with van der Waals surface area (Å²) >= 11 is 0. The number of oxazole rings is 1. The third-order valence-corrected chi connectivity index (χ3v) is 3.94. The van der Waals surface area contributed by atoms with Gasteiger partial charge in [0.25, 0.3) is 0 Å². The van der Waals surface area contributed by atoms with E-state index in [-0.39, 0.29) is 0 Å². The quantitative estimate of drug-likeness (QED) is 0.478. The Kier molecular flexibility index (Phi) is 5.26. The van der Waals surface area contributed by atoms with E-state index in [1.54, 1.807) is 19.2 Å². The largest absolute Gasteiger partial charge is 0.497 e. The Morgan fingerprint density at radius 2 is 1.81 bits per heavy atom. The van der Waals surface area contributed by atoms with Crippen LogP contribution < -0.4 is 15.2 Å². The maximum atomic E-state index is 12.0. The standard InChI is InChI=1S/C19H19NO6/c1-23-14-5-7-15(8-6-14)25-11-3-10-20-16-9-4-13(18(21)24-2)12-17(16)26-19(20)22/h4-9,12H,3,10-11H2,1-2H3. The van der Waals surface area contributed by atoms with Gasteiger partial charge in [0.2, 0.25) is 0 Å². The monoisotopic (exact) mass is 357 g/mol. The minimum atomic E-state index is -0.477. The summed E-state index contributed by atoms with van der Waals surface area (Å²) in [6, 6.07) is 12.1. The highest BCUT2D eigenvalue weighted by Crippen LogP contribution is 2.18. The van der Waals surface area contributed by atoms with Crippen LogP contribution in [0.25, 0.3) is 11.1 Å². The highest BCUT2D eigenvalue weighted by atomic mass is 16.5. The molecule has 0 atom stereocenters. The minimum absolute atomic E-state index is 0.337. The number of carbonyl (C=O) groups excluding carboxylic acids is 1. The minimum Gasteiger partial charge on any atom is -0.497 e. The number of aryl methyl sites for hydroxylation is 1. The Morgan fingerprint density at radius 1 is 1.08 bits per heavy atom. The fraction of sp³-hybridized carbons (Fsp3) is 0.263. The van der Waals surface area contributed by atoms with Crippen molar-refractivity contribution in [2.75, 3.05) is 20.8 Å². The number of esters is 1. The highest BCUT2D eigenvalue weighted by molar-refractivity contribution is 5.93. The number of hydrogen-bond donors (Lipinski definition) is 0. The number of methoxy groups -OCH3 is 2. The van der Waals surface area contributed by atoms with Crippen LogP contribution in [0, 0.1) is 0 Å². The number of hydrogen-bond acceptors (Lipinski definition) is 6. The van der Waals surface area contributed by atoms with Crippen molar-refractivity contribution in [2.45, 2.75) is 13.0 Å². The van der Waals surface area contributed by atoms with Crippen molar-refractivity contribution in [2.24, 2.45) is 0 Å². The van der Waals surface area contributed by atoms with Gasteiger partial charge in [0.15, 0.2) is 5.58 Å². The van der Waals surface area contributed by atoms with Crippen LogP contribution in [0.4, 0.5) is 0 Å². The Hall–Kier alpha value is -3.22. The van der Waals surface area contributed by atoms with Gasteiger partial charge in [-0.2, -0.15) is 0 Å². The Labute approximate surface area is 149 Å². The highest BCUT2D eigenvalue weighted by Gasteiger charge is 2.13. The number of carbonyl (C=O) groups is 1. The second kappa shape index (κ2) is 7.77. The van der Waals surface area contributed by atoms with Crippen LogP contribution in [-0.4, -0.2) is 31.4 Å². The number of fused-ring (bicyclic) bond motifs is 1. The maximum Gasteiger partial charge on any atom is 0.419 e. The van der Waals surface area contributed by atoms with E-state index in [9.17, 15) is 9.59 Å². The molecule has 0 saturated heterocycles. The molecule has 0 aliphatic carbocycles. The van der Waals surface area contributed by atoms with Crippen molar-refractivity contribution in [3.05, 3.63) is 58.6 Å². The Bertz CT molecular complexity index is 954. The number of aromatic nitrogens is 1. The van der Waals surface area contributed by atoms with E-state index in [0.29, 0.717) is 36.2 Å². The molecule has 0 aliphatic rings. The fourth-order valence-electron chi connectivity index (χ4n) is 2.61. The molecule has 26 heavy (non-hydrogen) atoms. The molecule has 3 rings (SSSR count). The average molecular weight is 357 g/mol. The molecule has 0 fully saturated rings. The SMILES string of the molecule is COC(=O)c1ccc2c(c1)oc(=O)n2CCCOc1ccc(OC)cc1. The molecule has 0 radical (unpaired) electrons. The van der Waals surface area contributed by atoms with Gasteiger partial charge < -0.3 is 18.6 Å². The first-order chi connectivity index (χ1) is 12.6. The molecule has 0 spiro atoms. The predicted octanol–water partition coefficient (Wildman–Crippen LogP) is 2.86. The number of nitrogens with zero attached hydrogens (tertiary/aromatic N) is 1. The van der Waals surface area contributed by atoms with E-state index in [0.717, 1.165) is 11.5 Å². The summed E-state index contributed by atoms with van der Waals surface area (Å²) in [5, 5.41) is 0. The smallest absolute Gasteiger partial charge is 0.419 e. The molecule has 136 valence electrons. The first kappa shape index (κ1) is 17.6. The van der Waals surface area contributed by atoms with Crippen molar-refractivity contribution in [3.8, 4) is 11.5 Å². The van der Waals surface area contributed by atoms with Crippen molar-refractivity contribution >= 4 is 17.1 Å².